The van der Waals surface area contributed by atoms with Crippen molar-refractivity contribution < 1.29 is 18.7 Å². The second kappa shape index (κ2) is 13.0. The molecule has 0 bridgehead atoms. The Morgan fingerprint density at radius 2 is 1.95 bits per heavy atom. The Labute approximate surface area is 224 Å². The van der Waals surface area contributed by atoms with Gasteiger partial charge in [0.05, 0.1) is 42.3 Å². The first-order chi connectivity index (χ1) is 17.9. The zero-order valence-electron chi connectivity index (χ0n) is 20.1. The highest BCUT2D eigenvalue weighted by molar-refractivity contribution is 6.36. The van der Waals surface area contributed by atoms with Crippen molar-refractivity contribution >= 4 is 34.9 Å². The van der Waals surface area contributed by atoms with Gasteiger partial charge in [-0.1, -0.05) is 23.2 Å². The molecule has 1 fully saturated rings. The normalized spacial score (nSPS) is 13.9. The molecule has 1 aromatic carbocycles. The number of aromatic nitrogens is 3. The van der Waals surface area contributed by atoms with Gasteiger partial charge in [0.2, 0.25) is 0 Å². The van der Waals surface area contributed by atoms with E-state index in [-0.39, 0.29) is 35.7 Å². The van der Waals surface area contributed by atoms with Crippen LogP contribution in [0.2, 0.25) is 10.0 Å². The molecule has 9 nitrogen and oxygen atoms in total. The second-order valence-electron chi connectivity index (χ2n) is 8.36. The van der Waals surface area contributed by atoms with Gasteiger partial charge in [-0.15, -0.1) is 0 Å². The van der Waals surface area contributed by atoms with Gasteiger partial charge in [-0.25, -0.2) is 14.4 Å². The van der Waals surface area contributed by atoms with Gasteiger partial charge >= 0.3 is 0 Å². The van der Waals surface area contributed by atoms with Crippen LogP contribution in [0.15, 0.2) is 36.7 Å². The molecule has 12 heteroatoms. The van der Waals surface area contributed by atoms with Crippen molar-refractivity contribution in [2.24, 2.45) is 0 Å². The summed E-state index contributed by atoms with van der Waals surface area (Å²) >= 11 is 12.1. The molecule has 1 aliphatic rings. The summed E-state index contributed by atoms with van der Waals surface area (Å²) in [6, 6.07) is 6.00. The molecule has 196 valence electrons. The maximum absolute atomic E-state index is 13.7. The standard InChI is InChI=1S/C25H27Cl2FN6O3/c26-18-3-4-19(28)22(27)17(18)6-11-37-25-23(29)32-15-21(33-25)20-5-2-16(14-31-20)24(35)30-7-1-8-34-9-12-36-13-10-34/h2-5,14-15H,1,6-13H2,(H2,29,32)(H,30,35). The van der Waals surface area contributed by atoms with E-state index in [0.717, 1.165) is 39.3 Å². The number of rotatable bonds is 10. The third-order valence-corrected chi connectivity index (χ3v) is 6.59. The second-order valence-corrected chi connectivity index (χ2v) is 9.15. The first-order valence-electron chi connectivity index (χ1n) is 11.8. The minimum Gasteiger partial charge on any atom is -0.475 e. The Morgan fingerprint density at radius 3 is 2.70 bits per heavy atom. The molecule has 1 aliphatic heterocycles. The highest BCUT2D eigenvalue weighted by atomic mass is 35.5. The lowest BCUT2D eigenvalue weighted by Crippen LogP contribution is -2.38. The zero-order valence-corrected chi connectivity index (χ0v) is 21.6. The van der Waals surface area contributed by atoms with E-state index >= 15 is 0 Å². The summed E-state index contributed by atoms with van der Waals surface area (Å²) in [6.45, 7) is 4.97. The van der Waals surface area contributed by atoms with Crippen molar-refractivity contribution in [2.45, 2.75) is 12.8 Å². The number of nitrogens with zero attached hydrogens (tertiary/aromatic N) is 4. The average molecular weight is 549 g/mol. The summed E-state index contributed by atoms with van der Waals surface area (Å²) in [5.41, 5.74) is 7.70. The number of benzene rings is 1. The minimum atomic E-state index is -0.557. The number of amides is 1. The summed E-state index contributed by atoms with van der Waals surface area (Å²) in [5, 5.41) is 3.21. The van der Waals surface area contributed by atoms with Crippen molar-refractivity contribution in [3.63, 3.8) is 0 Å². The first-order valence-corrected chi connectivity index (χ1v) is 12.6. The van der Waals surface area contributed by atoms with Crippen molar-refractivity contribution in [1.82, 2.24) is 25.2 Å². The number of carbonyl (C=O) groups excluding carboxylic acids is 1. The van der Waals surface area contributed by atoms with Crippen molar-refractivity contribution in [2.75, 3.05) is 51.7 Å². The van der Waals surface area contributed by atoms with Crippen LogP contribution in [0.25, 0.3) is 11.4 Å². The van der Waals surface area contributed by atoms with Gasteiger partial charge in [0.25, 0.3) is 11.8 Å². The molecule has 37 heavy (non-hydrogen) atoms. The highest BCUT2D eigenvalue weighted by Gasteiger charge is 2.14. The van der Waals surface area contributed by atoms with Gasteiger partial charge in [0.1, 0.15) is 11.5 Å². The molecule has 3 heterocycles. The number of nitrogen functional groups attached to an aromatic ring is 1. The van der Waals surface area contributed by atoms with E-state index < -0.39 is 5.82 Å². The van der Waals surface area contributed by atoms with Crippen molar-refractivity contribution in [3.05, 3.63) is 63.6 Å². The lowest BCUT2D eigenvalue weighted by Gasteiger charge is -2.26. The Morgan fingerprint density at radius 1 is 1.14 bits per heavy atom. The van der Waals surface area contributed by atoms with Crippen LogP contribution in [0, 0.1) is 5.82 Å². The molecule has 3 N–H and O–H groups in total. The molecule has 0 aliphatic carbocycles. The molecule has 1 saturated heterocycles. The molecular weight excluding hydrogens is 522 g/mol. The quantitative estimate of drug-likeness (QED) is 0.291. The number of nitrogens with one attached hydrogen (secondary N) is 1. The SMILES string of the molecule is Nc1ncc(-c2ccc(C(=O)NCCCN3CCOCC3)cn2)nc1OCCc1c(Cl)ccc(F)c1Cl. The number of ether oxygens (including phenoxy) is 2. The molecule has 0 radical (unpaired) electrons. The van der Waals surface area contributed by atoms with Crippen LogP contribution >= 0.6 is 23.2 Å². The smallest absolute Gasteiger partial charge is 0.257 e. The number of carbonyl (C=O) groups is 1. The number of hydrogen-bond acceptors (Lipinski definition) is 8. The van der Waals surface area contributed by atoms with Gasteiger partial charge in [0.15, 0.2) is 5.82 Å². The van der Waals surface area contributed by atoms with Gasteiger partial charge in [0, 0.05) is 37.3 Å². The molecule has 0 atom stereocenters. The molecule has 0 spiro atoms. The van der Waals surface area contributed by atoms with Gasteiger partial charge in [-0.2, -0.15) is 0 Å². The molecular formula is C25H27Cl2FN6O3. The topological polar surface area (TPSA) is 115 Å². The molecule has 0 unspecified atom stereocenters. The number of nitrogens with two attached hydrogens (primary N) is 1. The summed E-state index contributed by atoms with van der Waals surface area (Å²) in [5.74, 6) is -0.556. The van der Waals surface area contributed by atoms with E-state index in [9.17, 15) is 9.18 Å². The van der Waals surface area contributed by atoms with Crippen molar-refractivity contribution in [1.29, 1.82) is 0 Å². The Hall–Kier alpha value is -3.05. The van der Waals surface area contributed by atoms with Crippen LogP contribution in [-0.2, 0) is 11.2 Å². The van der Waals surface area contributed by atoms with E-state index in [2.05, 4.69) is 25.2 Å². The fraction of sp³-hybridized carbons (Fsp3) is 0.360. The van der Waals surface area contributed by atoms with E-state index in [1.807, 2.05) is 0 Å². The fourth-order valence-corrected chi connectivity index (χ4v) is 4.33. The largest absolute Gasteiger partial charge is 0.475 e. The predicted molar refractivity (Wildman–Crippen MR) is 140 cm³/mol. The fourth-order valence-electron chi connectivity index (χ4n) is 3.77. The number of pyridine rings is 1. The van der Waals surface area contributed by atoms with Crippen LogP contribution in [0.5, 0.6) is 5.88 Å². The summed E-state index contributed by atoms with van der Waals surface area (Å²) in [7, 11) is 0. The predicted octanol–water partition coefficient (Wildman–Crippen LogP) is 3.64. The summed E-state index contributed by atoms with van der Waals surface area (Å²) < 4.78 is 24.7. The third-order valence-electron chi connectivity index (χ3n) is 5.83. The van der Waals surface area contributed by atoms with Crippen LogP contribution in [0.3, 0.4) is 0 Å². The maximum Gasteiger partial charge on any atom is 0.257 e. The number of hydrogen-bond donors (Lipinski definition) is 2. The first kappa shape index (κ1) is 27.0. The van der Waals surface area contributed by atoms with Crippen molar-refractivity contribution in [3.8, 4) is 17.3 Å². The average Bonchev–Trinajstić information content (AvgIpc) is 2.92. The van der Waals surface area contributed by atoms with Crippen LogP contribution < -0.4 is 15.8 Å². The maximum atomic E-state index is 13.7. The molecule has 3 aromatic rings. The van der Waals surface area contributed by atoms with Gasteiger partial charge in [-0.3, -0.25) is 14.7 Å². The summed E-state index contributed by atoms with van der Waals surface area (Å²) in [6.07, 6.45) is 4.06. The summed E-state index contributed by atoms with van der Waals surface area (Å²) in [4.78, 5) is 27.6. The molecule has 1 amide bonds. The Bertz CT molecular complexity index is 1230. The van der Waals surface area contributed by atoms with Crippen LogP contribution in [0.1, 0.15) is 22.3 Å². The zero-order chi connectivity index (χ0) is 26.2. The van der Waals surface area contributed by atoms with E-state index in [1.54, 1.807) is 12.1 Å². The lowest BCUT2D eigenvalue weighted by molar-refractivity contribution is 0.0374. The molecule has 4 rings (SSSR count). The highest BCUT2D eigenvalue weighted by Crippen LogP contribution is 2.28. The lowest BCUT2D eigenvalue weighted by atomic mass is 10.1. The number of halogens is 3. The Kier molecular flexibility index (Phi) is 9.45. The van der Waals surface area contributed by atoms with E-state index in [0.29, 0.717) is 34.1 Å². The third kappa shape index (κ3) is 7.26. The van der Waals surface area contributed by atoms with E-state index in [4.69, 9.17) is 38.4 Å². The Balaban J connectivity index is 1.31. The van der Waals surface area contributed by atoms with Crippen LogP contribution in [0.4, 0.5) is 10.2 Å². The van der Waals surface area contributed by atoms with E-state index in [1.165, 1.54) is 24.5 Å². The number of morpholine rings is 1. The minimum absolute atomic E-state index is 0.0469. The number of anilines is 1. The molecule has 2 aromatic heterocycles. The monoisotopic (exact) mass is 548 g/mol. The van der Waals surface area contributed by atoms with Crippen LogP contribution in [-0.4, -0.2) is 71.8 Å². The van der Waals surface area contributed by atoms with Gasteiger partial charge < -0.3 is 20.5 Å². The molecule has 0 saturated carbocycles. The van der Waals surface area contributed by atoms with Gasteiger partial charge in [-0.05, 0) is 42.8 Å².